The molecule has 3 N–H and O–H groups in total. The summed E-state index contributed by atoms with van der Waals surface area (Å²) in [6.45, 7) is 6.95. The number of nitrogens with zero attached hydrogens (tertiary/aromatic N) is 1. The number of aromatic nitrogens is 2. The highest BCUT2D eigenvalue weighted by Gasteiger charge is 2.39. The number of benzene rings is 3. The minimum atomic E-state index is -0.482. The number of imidazole rings is 1. The van der Waals surface area contributed by atoms with Crippen LogP contribution in [0.5, 0.6) is 5.75 Å². The number of hydrogen-bond acceptors (Lipinski definition) is 5. The van der Waals surface area contributed by atoms with Crippen LogP contribution < -0.4 is 20.1 Å². The van der Waals surface area contributed by atoms with Gasteiger partial charge in [-0.05, 0) is 73.5 Å². The lowest BCUT2D eigenvalue weighted by atomic mass is 9.88. The maximum Gasteiger partial charge on any atom is 0.300 e. The van der Waals surface area contributed by atoms with E-state index in [4.69, 9.17) is 9.47 Å². The Kier molecular flexibility index (Phi) is 6.69. The van der Waals surface area contributed by atoms with Gasteiger partial charge in [0.25, 0.3) is 11.7 Å². The van der Waals surface area contributed by atoms with Crippen LogP contribution in [0.2, 0.25) is 0 Å². The first-order chi connectivity index (χ1) is 18.3. The molecule has 5 rings (SSSR count). The summed E-state index contributed by atoms with van der Waals surface area (Å²) in [5.74, 6) is 0.516. The molecule has 8 nitrogen and oxygen atoms in total. The van der Waals surface area contributed by atoms with E-state index in [1.165, 1.54) is 0 Å². The molecule has 2 heterocycles. The van der Waals surface area contributed by atoms with Crippen molar-refractivity contribution in [3.63, 3.8) is 0 Å². The molecule has 1 aliphatic heterocycles. The molecule has 1 aliphatic rings. The van der Waals surface area contributed by atoms with Crippen molar-refractivity contribution in [3.05, 3.63) is 93.9 Å². The van der Waals surface area contributed by atoms with Crippen molar-refractivity contribution >= 4 is 11.6 Å². The number of likely N-dealkylation sites (N-methyl/N-ethyl adjacent to an activating group) is 1. The van der Waals surface area contributed by atoms with Crippen molar-refractivity contribution in [3.8, 4) is 28.3 Å². The summed E-state index contributed by atoms with van der Waals surface area (Å²) in [7, 11) is 3.52. The molecule has 4 aromatic rings. The number of rotatable bonds is 7. The molecule has 1 aromatic heterocycles. The molecule has 3 aromatic carbocycles. The van der Waals surface area contributed by atoms with Gasteiger partial charge in [0.2, 0.25) is 5.69 Å². The summed E-state index contributed by atoms with van der Waals surface area (Å²) in [6, 6.07) is 19.3. The average Bonchev–Trinajstić information content (AvgIpc) is 3.17. The fourth-order valence-corrected chi connectivity index (χ4v) is 5.14. The SMILES string of the molecule is CNC1(c2cccc(NC(=O)c3c(C)[nH]c(-c4ccc(OC)c(-c5c(C)cccc5C)c4)[n+]3[O-])c2)COC1. The zero-order valence-electron chi connectivity index (χ0n) is 22.3. The zero-order chi connectivity index (χ0) is 27.0. The molecule has 196 valence electrons. The van der Waals surface area contributed by atoms with E-state index in [-0.39, 0.29) is 17.1 Å². The monoisotopic (exact) mass is 512 g/mol. The number of ether oxygens (including phenoxy) is 2. The zero-order valence-corrected chi connectivity index (χ0v) is 22.3. The Morgan fingerprint density at radius 3 is 2.39 bits per heavy atom. The van der Waals surface area contributed by atoms with Crippen molar-refractivity contribution in [1.82, 2.24) is 10.3 Å². The number of H-pyrrole nitrogens is 1. The van der Waals surface area contributed by atoms with Gasteiger partial charge in [-0.2, -0.15) is 0 Å². The second kappa shape index (κ2) is 9.96. The molecule has 0 unspecified atom stereocenters. The Morgan fingerprint density at radius 1 is 1.05 bits per heavy atom. The molecule has 0 aliphatic carbocycles. The molecule has 0 atom stereocenters. The molecular weight excluding hydrogens is 480 g/mol. The van der Waals surface area contributed by atoms with E-state index >= 15 is 0 Å². The number of amides is 1. The minimum Gasteiger partial charge on any atom is -0.710 e. The summed E-state index contributed by atoms with van der Waals surface area (Å²) < 4.78 is 11.7. The molecule has 1 fully saturated rings. The Balaban J connectivity index is 1.49. The van der Waals surface area contributed by atoms with Gasteiger partial charge in [0, 0.05) is 18.2 Å². The first-order valence-electron chi connectivity index (χ1n) is 12.5. The molecule has 0 saturated carbocycles. The lowest BCUT2D eigenvalue weighted by Gasteiger charge is -2.41. The van der Waals surface area contributed by atoms with Crippen molar-refractivity contribution in [1.29, 1.82) is 0 Å². The summed E-state index contributed by atoms with van der Waals surface area (Å²) in [6.07, 6.45) is 0. The van der Waals surface area contributed by atoms with Gasteiger partial charge in [0.05, 0.1) is 31.4 Å². The molecule has 8 heteroatoms. The van der Waals surface area contributed by atoms with Gasteiger partial charge in [0.15, 0.2) is 5.69 Å². The summed E-state index contributed by atoms with van der Waals surface area (Å²) in [4.78, 5) is 16.4. The molecule has 0 radical (unpaired) electrons. The van der Waals surface area contributed by atoms with Crippen LogP contribution >= 0.6 is 0 Å². The second-order valence-corrected chi connectivity index (χ2v) is 9.78. The molecule has 0 bridgehead atoms. The van der Waals surface area contributed by atoms with E-state index in [9.17, 15) is 10.0 Å². The maximum atomic E-state index is 13.5. The third kappa shape index (κ3) is 4.31. The van der Waals surface area contributed by atoms with Crippen LogP contribution in [0, 0.1) is 26.0 Å². The normalized spacial score (nSPS) is 14.1. The predicted octanol–water partition coefficient (Wildman–Crippen LogP) is 4.61. The lowest BCUT2D eigenvalue weighted by molar-refractivity contribution is -0.594. The van der Waals surface area contributed by atoms with Crippen LogP contribution in [0.25, 0.3) is 22.5 Å². The van der Waals surface area contributed by atoms with Crippen LogP contribution in [0.15, 0.2) is 60.7 Å². The molecule has 1 saturated heterocycles. The third-order valence-electron chi connectivity index (χ3n) is 7.35. The van der Waals surface area contributed by atoms with Crippen LogP contribution in [0.3, 0.4) is 0 Å². The van der Waals surface area contributed by atoms with Gasteiger partial charge in [-0.3, -0.25) is 4.79 Å². The van der Waals surface area contributed by atoms with E-state index in [0.717, 1.165) is 27.8 Å². The summed E-state index contributed by atoms with van der Waals surface area (Å²) >= 11 is 0. The van der Waals surface area contributed by atoms with Crippen molar-refractivity contribution in [2.75, 3.05) is 32.7 Å². The van der Waals surface area contributed by atoms with Gasteiger partial charge < -0.3 is 25.3 Å². The van der Waals surface area contributed by atoms with Crippen LogP contribution in [0.1, 0.15) is 32.9 Å². The quantitative estimate of drug-likeness (QED) is 0.248. The number of carbonyl (C=O) groups is 1. The highest BCUT2D eigenvalue weighted by molar-refractivity contribution is 6.03. The Labute approximate surface area is 222 Å². The number of aromatic amines is 1. The molecule has 0 spiro atoms. The smallest absolute Gasteiger partial charge is 0.300 e. The van der Waals surface area contributed by atoms with Gasteiger partial charge in [-0.15, -0.1) is 0 Å². The standard InChI is InChI=1S/C30H32N4O4/c1-18-8-6-9-19(2)26(18)24-14-21(12-13-25(24)37-5)28-32-20(3)27(34(28)36)29(35)33-23-11-7-10-22(15-23)30(31-4)16-38-17-30/h6-15,31-32H,16-17H2,1-5H3,(H,33,35). The van der Waals surface area contributed by atoms with E-state index in [2.05, 4.69) is 41.6 Å². The molecule has 38 heavy (non-hydrogen) atoms. The largest absolute Gasteiger partial charge is 0.710 e. The van der Waals surface area contributed by atoms with Gasteiger partial charge in [-0.25, -0.2) is 9.71 Å². The van der Waals surface area contributed by atoms with Crippen LogP contribution in [0.4, 0.5) is 5.69 Å². The summed E-state index contributed by atoms with van der Waals surface area (Å²) in [5, 5.41) is 19.7. The topological polar surface area (TPSA) is 102 Å². The Bertz CT molecular complexity index is 1500. The van der Waals surface area contributed by atoms with Gasteiger partial charge in [-0.1, -0.05) is 30.3 Å². The minimum absolute atomic E-state index is 0.0187. The molecule has 1 amide bonds. The number of anilines is 1. The van der Waals surface area contributed by atoms with Crippen molar-refractivity contribution in [2.45, 2.75) is 26.3 Å². The van der Waals surface area contributed by atoms with Crippen LogP contribution in [-0.4, -0.2) is 38.3 Å². The van der Waals surface area contributed by atoms with E-state index in [1.807, 2.05) is 55.6 Å². The van der Waals surface area contributed by atoms with Gasteiger partial charge in [0.1, 0.15) is 5.75 Å². The van der Waals surface area contributed by atoms with E-state index in [0.29, 0.717) is 40.6 Å². The lowest BCUT2D eigenvalue weighted by Crippen LogP contribution is -2.56. The number of hydrogen-bond donors (Lipinski definition) is 3. The number of nitrogens with one attached hydrogen (secondary N) is 3. The predicted molar refractivity (Wildman–Crippen MR) is 147 cm³/mol. The van der Waals surface area contributed by atoms with Crippen LogP contribution in [-0.2, 0) is 10.3 Å². The first-order valence-corrected chi connectivity index (χ1v) is 12.5. The van der Waals surface area contributed by atoms with E-state index < -0.39 is 5.91 Å². The maximum absolute atomic E-state index is 13.5. The first kappa shape index (κ1) is 25.5. The van der Waals surface area contributed by atoms with Crippen molar-refractivity contribution in [2.24, 2.45) is 0 Å². The Hall–Kier alpha value is -4.14. The van der Waals surface area contributed by atoms with Gasteiger partial charge >= 0.3 is 0 Å². The highest BCUT2D eigenvalue weighted by Crippen LogP contribution is 2.37. The second-order valence-electron chi connectivity index (χ2n) is 9.78. The van der Waals surface area contributed by atoms with E-state index in [1.54, 1.807) is 14.0 Å². The number of aryl methyl sites for hydroxylation is 3. The average molecular weight is 513 g/mol. The number of carbonyl (C=O) groups excluding carboxylic acids is 1. The van der Waals surface area contributed by atoms with Crippen molar-refractivity contribution < 1.29 is 19.0 Å². The number of methoxy groups -OCH3 is 1. The fraction of sp³-hybridized carbons (Fsp3) is 0.267. The Morgan fingerprint density at radius 2 is 1.76 bits per heavy atom. The highest BCUT2D eigenvalue weighted by atomic mass is 16.5. The summed E-state index contributed by atoms with van der Waals surface area (Å²) in [5.41, 5.74) is 6.66. The fourth-order valence-electron chi connectivity index (χ4n) is 5.14. The molecular formula is C30H32N4O4. The third-order valence-corrected chi connectivity index (χ3v) is 7.35.